The van der Waals surface area contributed by atoms with E-state index in [1.807, 2.05) is 36.4 Å². The van der Waals surface area contributed by atoms with Gasteiger partial charge in [0.2, 0.25) is 5.91 Å². The molecule has 2 aromatic rings. The van der Waals surface area contributed by atoms with E-state index in [-0.39, 0.29) is 11.9 Å². The summed E-state index contributed by atoms with van der Waals surface area (Å²) in [5, 5.41) is 2.89. The summed E-state index contributed by atoms with van der Waals surface area (Å²) in [5.74, 6) is 0.456. The molecule has 1 aromatic carbocycles. The van der Waals surface area contributed by atoms with Crippen LogP contribution in [0, 0.1) is 0 Å². The van der Waals surface area contributed by atoms with Gasteiger partial charge in [-0.15, -0.1) is 6.58 Å². The van der Waals surface area contributed by atoms with E-state index in [0.717, 1.165) is 5.56 Å². The highest BCUT2D eigenvalue weighted by molar-refractivity contribution is 5.83. The number of amides is 1. The average molecular weight is 270 g/mol. The molecule has 3 N–H and O–H groups in total. The topological polar surface area (TPSA) is 68.3 Å². The highest BCUT2D eigenvalue weighted by atomic mass is 16.3. The molecule has 0 saturated heterocycles. The third kappa shape index (κ3) is 3.36. The molecule has 0 aliphatic carbocycles. The Hall–Kier alpha value is -2.33. The maximum absolute atomic E-state index is 12.2. The maximum Gasteiger partial charge on any atom is 0.242 e. The molecule has 4 heteroatoms. The van der Waals surface area contributed by atoms with Crippen LogP contribution in [0.5, 0.6) is 0 Å². The third-order valence-corrected chi connectivity index (χ3v) is 3.05. The zero-order valence-electron chi connectivity index (χ0n) is 11.2. The lowest BCUT2D eigenvalue weighted by Gasteiger charge is -2.18. The first-order valence-electron chi connectivity index (χ1n) is 6.47. The maximum atomic E-state index is 12.2. The van der Waals surface area contributed by atoms with Crippen LogP contribution in [0.3, 0.4) is 0 Å². The fraction of sp³-hybridized carbons (Fsp3) is 0.188. The Morgan fingerprint density at radius 1 is 1.30 bits per heavy atom. The molecule has 2 rings (SSSR count). The lowest BCUT2D eigenvalue weighted by Crippen LogP contribution is -2.36. The molecule has 1 amide bonds. The number of hydrogen-bond donors (Lipinski definition) is 2. The van der Waals surface area contributed by atoms with Crippen LogP contribution < -0.4 is 11.1 Å². The summed E-state index contributed by atoms with van der Waals surface area (Å²) in [4.78, 5) is 12.2. The number of carbonyl (C=O) groups is 1. The van der Waals surface area contributed by atoms with Gasteiger partial charge in [-0.2, -0.15) is 0 Å². The Balaban J connectivity index is 2.07. The van der Waals surface area contributed by atoms with Gasteiger partial charge in [-0.1, -0.05) is 36.4 Å². The van der Waals surface area contributed by atoms with Crippen LogP contribution in [0.25, 0.3) is 0 Å². The molecule has 4 nitrogen and oxygen atoms in total. The first-order chi connectivity index (χ1) is 9.72. The molecule has 0 unspecified atom stereocenters. The second kappa shape index (κ2) is 6.73. The number of nitrogens with two attached hydrogens (primary N) is 1. The van der Waals surface area contributed by atoms with Crippen molar-refractivity contribution in [2.75, 3.05) is 0 Å². The summed E-state index contributed by atoms with van der Waals surface area (Å²) >= 11 is 0. The highest BCUT2D eigenvalue weighted by Crippen LogP contribution is 2.19. The molecular weight excluding hydrogens is 252 g/mol. The van der Waals surface area contributed by atoms with E-state index in [0.29, 0.717) is 12.2 Å². The fourth-order valence-corrected chi connectivity index (χ4v) is 1.98. The van der Waals surface area contributed by atoms with Crippen LogP contribution in [0.4, 0.5) is 0 Å². The van der Waals surface area contributed by atoms with Crippen molar-refractivity contribution < 1.29 is 9.21 Å². The summed E-state index contributed by atoms with van der Waals surface area (Å²) in [7, 11) is 0. The predicted octanol–water partition coefficient (Wildman–Crippen LogP) is 2.71. The molecule has 0 fully saturated rings. The van der Waals surface area contributed by atoms with E-state index in [4.69, 9.17) is 10.2 Å². The third-order valence-electron chi connectivity index (χ3n) is 3.05. The number of furan rings is 1. The van der Waals surface area contributed by atoms with E-state index in [1.165, 1.54) is 0 Å². The van der Waals surface area contributed by atoms with E-state index in [2.05, 4.69) is 11.9 Å². The van der Waals surface area contributed by atoms with E-state index in [1.54, 1.807) is 18.4 Å². The average Bonchev–Trinajstić information content (AvgIpc) is 3.01. The van der Waals surface area contributed by atoms with Gasteiger partial charge in [0, 0.05) is 0 Å². The summed E-state index contributed by atoms with van der Waals surface area (Å²) in [6.07, 6.45) is 3.90. The Bertz CT molecular complexity index is 549. The van der Waals surface area contributed by atoms with E-state index >= 15 is 0 Å². The fourth-order valence-electron chi connectivity index (χ4n) is 1.98. The molecule has 0 bridgehead atoms. The molecule has 0 saturated carbocycles. The zero-order chi connectivity index (χ0) is 14.4. The Morgan fingerprint density at radius 2 is 2.05 bits per heavy atom. The van der Waals surface area contributed by atoms with Crippen molar-refractivity contribution >= 4 is 5.91 Å². The van der Waals surface area contributed by atoms with Crippen molar-refractivity contribution in [1.29, 1.82) is 0 Å². The summed E-state index contributed by atoms with van der Waals surface area (Å²) in [6.45, 7) is 3.70. The Kier molecular flexibility index (Phi) is 4.74. The van der Waals surface area contributed by atoms with Crippen molar-refractivity contribution in [3.05, 3.63) is 72.7 Å². The van der Waals surface area contributed by atoms with Gasteiger partial charge in [0.15, 0.2) is 0 Å². The molecule has 0 spiro atoms. The van der Waals surface area contributed by atoms with Crippen LogP contribution in [0.2, 0.25) is 0 Å². The van der Waals surface area contributed by atoms with Crippen molar-refractivity contribution in [1.82, 2.24) is 5.32 Å². The monoisotopic (exact) mass is 270 g/mol. The number of benzene rings is 1. The largest absolute Gasteiger partial charge is 0.467 e. The second-order valence-electron chi connectivity index (χ2n) is 4.49. The Morgan fingerprint density at radius 3 is 2.65 bits per heavy atom. The van der Waals surface area contributed by atoms with Gasteiger partial charge in [0.1, 0.15) is 11.8 Å². The summed E-state index contributed by atoms with van der Waals surface area (Å²) in [5.41, 5.74) is 6.75. The minimum Gasteiger partial charge on any atom is -0.467 e. The number of hydrogen-bond acceptors (Lipinski definition) is 3. The summed E-state index contributed by atoms with van der Waals surface area (Å²) in [6, 6.07) is 11.9. The van der Waals surface area contributed by atoms with Crippen LogP contribution in [-0.2, 0) is 4.79 Å². The van der Waals surface area contributed by atoms with Gasteiger partial charge in [0.25, 0.3) is 0 Å². The van der Waals surface area contributed by atoms with Gasteiger partial charge < -0.3 is 15.5 Å². The molecular formula is C16H18N2O2. The van der Waals surface area contributed by atoms with Gasteiger partial charge in [-0.3, -0.25) is 4.79 Å². The van der Waals surface area contributed by atoms with Crippen LogP contribution in [0.1, 0.15) is 29.8 Å². The van der Waals surface area contributed by atoms with E-state index in [9.17, 15) is 4.79 Å². The molecule has 0 aliphatic heterocycles. The van der Waals surface area contributed by atoms with Crippen LogP contribution in [-0.4, -0.2) is 5.91 Å². The second-order valence-corrected chi connectivity index (χ2v) is 4.49. The molecule has 0 aliphatic rings. The zero-order valence-corrected chi connectivity index (χ0v) is 11.2. The molecule has 20 heavy (non-hydrogen) atoms. The predicted molar refractivity (Wildman–Crippen MR) is 77.8 cm³/mol. The quantitative estimate of drug-likeness (QED) is 0.793. The van der Waals surface area contributed by atoms with Gasteiger partial charge in [-0.25, -0.2) is 0 Å². The molecule has 1 aromatic heterocycles. The first kappa shape index (κ1) is 14.1. The normalized spacial score (nSPS) is 13.4. The van der Waals surface area contributed by atoms with Crippen molar-refractivity contribution in [3.63, 3.8) is 0 Å². The lowest BCUT2D eigenvalue weighted by atomic mass is 10.1. The van der Waals surface area contributed by atoms with Crippen LogP contribution >= 0.6 is 0 Å². The molecule has 104 valence electrons. The molecule has 2 atom stereocenters. The number of nitrogens with one attached hydrogen (secondary N) is 1. The molecule has 1 heterocycles. The van der Waals surface area contributed by atoms with Gasteiger partial charge in [0.05, 0.1) is 12.3 Å². The lowest BCUT2D eigenvalue weighted by molar-refractivity contribution is -0.123. The minimum absolute atomic E-state index is 0.237. The first-order valence-corrected chi connectivity index (χ1v) is 6.47. The Labute approximate surface area is 118 Å². The summed E-state index contributed by atoms with van der Waals surface area (Å²) < 4.78 is 5.33. The number of carbonyl (C=O) groups excluding carboxylic acids is 1. The molecule has 0 radical (unpaired) electrons. The van der Waals surface area contributed by atoms with E-state index < -0.39 is 6.04 Å². The van der Waals surface area contributed by atoms with Crippen molar-refractivity contribution in [2.24, 2.45) is 5.73 Å². The van der Waals surface area contributed by atoms with Gasteiger partial charge in [-0.05, 0) is 24.1 Å². The smallest absolute Gasteiger partial charge is 0.242 e. The standard InChI is InChI=1S/C16H18N2O2/c1-2-7-13(14-10-6-11-20-14)18-16(19)15(17)12-8-4-3-5-9-12/h2-6,8-11,13,15H,1,7,17H2,(H,18,19)/t13-,15-/m1/s1. The van der Waals surface area contributed by atoms with Crippen LogP contribution in [0.15, 0.2) is 65.8 Å². The highest BCUT2D eigenvalue weighted by Gasteiger charge is 2.21. The van der Waals surface area contributed by atoms with Crippen molar-refractivity contribution in [3.8, 4) is 0 Å². The van der Waals surface area contributed by atoms with Gasteiger partial charge >= 0.3 is 0 Å². The SMILES string of the molecule is C=CC[C@@H](NC(=O)[C@H](N)c1ccccc1)c1ccco1. The van der Waals surface area contributed by atoms with Crippen molar-refractivity contribution in [2.45, 2.75) is 18.5 Å². The minimum atomic E-state index is -0.696. The number of rotatable bonds is 6.